The van der Waals surface area contributed by atoms with E-state index in [0.29, 0.717) is 5.69 Å². The van der Waals surface area contributed by atoms with Crippen LogP contribution in [0.5, 0.6) is 0 Å². The average molecular weight is 237 g/mol. The number of anilines is 1. The molecule has 4 N–H and O–H groups in total. The summed E-state index contributed by atoms with van der Waals surface area (Å²) in [5, 5.41) is 6.09. The molecule has 1 heterocycles. The number of rotatable bonds is 2. The number of hydrogen-bond donors (Lipinski definition) is 3. The highest BCUT2D eigenvalue weighted by molar-refractivity contribution is 5.99. The van der Waals surface area contributed by atoms with Crippen LogP contribution in [0, 0.1) is 5.82 Å². The third-order valence-corrected chi connectivity index (χ3v) is 2.93. The van der Waals surface area contributed by atoms with Crippen LogP contribution in [0.15, 0.2) is 18.2 Å². The largest absolute Gasteiger partial charge is 0.398 e. The first kappa shape index (κ1) is 11.9. The molecule has 0 saturated carbocycles. The van der Waals surface area contributed by atoms with E-state index in [0.717, 1.165) is 25.9 Å². The summed E-state index contributed by atoms with van der Waals surface area (Å²) in [6.45, 7) is 1.78. The highest BCUT2D eigenvalue weighted by Crippen LogP contribution is 2.14. The first-order valence-electron chi connectivity index (χ1n) is 5.73. The van der Waals surface area contributed by atoms with E-state index in [2.05, 4.69) is 10.6 Å². The Kier molecular flexibility index (Phi) is 3.58. The molecular weight excluding hydrogens is 221 g/mol. The molecule has 1 amide bonds. The fourth-order valence-electron chi connectivity index (χ4n) is 1.95. The van der Waals surface area contributed by atoms with Crippen molar-refractivity contribution in [3.05, 3.63) is 29.6 Å². The molecule has 0 atom stereocenters. The van der Waals surface area contributed by atoms with E-state index in [1.54, 1.807) is 0 Å². The highest BCUT2D eigenvalue weighted by Gasteiger charge is 2.18. The molecule has 4 nitrogen and oxygen atoms in total. The van der Waals surface area contributed by atoms with Gasteiger partial charge in [0.1, 0.15) is 5.82 Å². The second-order valence-electron chi connectivity index (χ2n) is 4.23. The smallest absolute Gasteiger partial charge is 0.253 e. The Hall–Kier alpha value is -1.62. The van der Waals surface area contributed by atoms with Crippen molar-refractivity contribution in [1.29, 1.82) is 0 Å². The molecule has 0 unspecified atom stereocenters. The number of nitrogens with two attached hydrogens (primary N) is 1. The molecule has 1 saturated heterocycles. The summed E-state index contributed by atoms with van der Waals surface area (Å²) >= 11 is 0. The second-order valence-corrected chi connectivity index (χ2v) is 4.23. The van der Waals surface area contributed by atoms with Crippen molar-refractivity contribution >= 4 is 11.6 Å². The van der Waals surface area contributed by atoms with Crippen molar-refractivity contribution in [2.24, 2.45) is 0 Å². The Morgan fingerprint density at radius 2 is 2.12 bits per heavy atom. The maximum absolute atomic E-state index is 13.0. The SMILES string of the molecule is Nc1ccc(F)cc1C(=O)NC1CCNCC1. The monoisotopic (exact) mass is 237 g/mol. The number of nitrogens with one attached hydrogen (secondary N) is 2. The van der Waals surface area contributed by atoms with Gasteiger partial charge >= 0.3 is 0 Å². The summed E-state index contributed by atoms with van der Waals surface area (Å²) in [5.41, 5.74) is 6.17. The number of amides is 1. The fraction of sp³-hybridized carbons (Fsp3) is 0.417. The maximum atomic E-state index is 13.0. The van der Waals surface area contributed by atoms with Gasteiger partial charge in [-0.1, -0.05) is 0 Å². The van der Waals surface area contributed by atoms with Crippen molar-refractivity contribution in [1.82, 2.24) is 10.6 Å². The van der Waals surface area contributed by atoms with E-state index in [1.165, 1.54) is 18.2 Å². The normalized spacial score (nSPS) is 16.8. The molecule has 1 aliphatic rings. The lowest BCUT2D eigenvalue weighted by molar-refractivity contribution is 0.0930. The predicted molar refractivity (Wildman–Crippen MR) is 64.2 cm³/mol. The van der Waals surface area contributed by atoms with Crippen LogP contribution < -0.4 is 16.4 Å². The second kappa shape index (κ2) is 5.14. The van der Waals surface area contributed by atoms with Crippen LogP contribution in [0.2, 0.25) is 0 Å². The number of carbonyl (C=O) groups is 1. The number of halogens is 1. The van der Waals surface area contributed by atoms with Gasteiger partial charge in [-0.15, -0.1) is 0 Å². The van der Waals surface area contributed by atoms with Crippen molar-refractivity contribution in [3.8, 4) is 0 Å². The number of benzene rings is 1. The third-order valence-electron chi connectivity index (χ3n) is 2.93. The van der Waals surface area contributed by atoms with Gasteiger partial charge in [0, 0.05) is 11.7 Å². The van der Waals surface area contributed by atoms with E-state index < -0.39 is 5.82 Å². The summed E-state index contributed by atoms with van der Waals surface area (Å²) in [6.07, 6.45) is 1.78. The zero-order valence-corrected chi connectivity index (χ0v) is 9.50. The van der Waals surface area contributed by atoms with Crippen LogP contribution in [0.4, 0.5) is 10.1 Å². The zero-order valence-electron chi connectivity index (χ0n) is 9.50. The van der Waals surface area contributed by atoms with Crippen LogP contribution >= 0.6 is 0 Å². The molecule has 0 radical (unpaired) electrons. The van der Waals surface area contributed by atoms with Crippen molar-refractivity contribution in [3.63, 3.8) is 0 Å². The van der Waals surface area contributed by atoms with Crippen molar-refractivity contribution < 1.29 is 9.18 Å². The maximum Gasteiger partial charge on any atom is 0.253 e. The Morgan fingerprint density at radius 1 is 1.41 bits per heavy atom. The molecular formula is C12H16FN3O. The molecule has 5 heteroatoms. The van der Waals surface area contributed by atoms with E-state index >= 15 is 0 Å². The quantitative estimate of drug-likeness (QED) is 0.669. The fourth-order valence-corrected chi connectivity index (χ4v) is 1.95. The van der Waals surface area contributed by atoms with E-state index in [1.807, 2.05) is 0 Å². The lowest BCUT2D eigenvalue weighted by Gasteiger charge is -2.23. The van der Waals surface area contributed by atoms with Crippen LogP contribution in [0.1, 0.15) is 23.2 Å². The van der Waals surface area contributed by atoms with E-state index in [4.69, 9.17) is 5.73 Å². The summed E-state index contributed by atoms with van der Waals surface area (Å²) in [7, 11) is 0. The topological polar surface area (TPSA) is 67.2 Å². The third kappa shape index (κ3) is 2.94. The molecule has 1 aromatic carbocycles. The molecule has 1 fully saturated rings. The Labute approximate surface area is 99.4 Å². The molecule has 1 aromatic rings. The van der Waals surface area contributed by atoms with Gasteiger partial charge in [0.25, 0.3) is 5.91 Å². The van der Waals surface area contributed by atoms with Gasteiger partial charge in [-0.05, 0) is 44.1 Å². The number of hydrogen-bond acceptors (Lipinski definition) is 3. The summed E-state index contributed by atoms with van der Waals surface area (Å²) in [6, 6.07) is 3.97. The number of piperidine rings is 1. The van der Waals surface area contributed by atoms with Gasteiger partial charge in [-0.25, -0.2) is 4.39 Å². The highest BCUT2D eigenvalue weighted by atomic mass is 19.1. The summed E-state index contributed by atoms with van der Waals surface area (Å²) in [4.78, 5) is 11.9. The molecule has 17 heavy (non-hydrogen) atoms. The molecule has 0 bridgehead atoms. The first-order chi connectivity index (χ1) is 8.16. The standard InChI is InChI=1S/C12H16FN3O/c13-8-1-2-11(14)10(7-8)12(17)16-9-3-5-15-6-4-9/h1-2,7,9,15H,3-6,14H2,(H,16,17). The van der Waals surface area contributed by atoms with E-state index in [-0.39, 0.29) is 17.5 Å². The molecule has 92 valence electrons. The Morgan fingerprint density at radius 3 is 2.82 bits per heavy atom. The predicted octanol–water partition coefficient (Wildman–Crippen LogP) is 0.890. The summed E-state index contributed by atoms with van der Waals surface area (Å²) < 4.78 is 13.0. The number of nitrogen functional groups attached to an aromatic ring is 1. The minimum Gasteiger partial charge on any atom is -0.398 e. The van der Waals surface area contributed by atoms with Crippen LogP contribution in [-0.4, -0.2) is 25.0 Å². The van der Waals surface area contributed by atoms with Gasteiger partial charge in [0.15, 0.2) is 0 Å². The number of carbonyl (C=O) groups excluding carboxylic acids is 1. The van der Waals surface area contributed by atoms with Crippen LogP contribution in [0.3, 0.4) is 0 Å². The molecule has 0 aromatic heterocycles. The van der Waals surface area contributed by atoms with E-state index in [9.17, 15) is 9.18 Å². The molecule has 2 rings (SSSR count). The van der Waals surface area contributed by atoms with Crippen LogP contribution in [-0.2, 0) is 0 Å². The van der Waals surface area contributed by atoms with Gasteiger partial charge in [0.05, 0.1) is 5.56 Å². The average Bonchev–Trinajstić information content (AvgIpc) is 2.33. The Balaban J connectivity index is 2.05. The van der Waals surface area contributed by atoms with Gasteiger partial charge < -0.3 is 16.4 Å². The summed E-state index contributed by atoms with van der Waals surface area (Å²) in [5.74, 6) is -0.747. The van der Waals surface area contributed by atoms with Crippen molar-refractivity contribution in [2.75, 3.05) is 18.8 Å². The minimum absolute atomic E-state index is 0.145. The molecule has 1 aliphatic heterocycles. The minimum atomic E-state index is -0.449. The Bertz CT molecular complexity index is 416. The lowest BCUT2D eigenvalue weighted by Crippen LogP contribution is -2.42. The lowest BCUT2D eigenvalue weighted by atomic mass is 10.1. The van der Waals surface area contributed by atoms with Gasteiger partial charge in [-0.2, -0.15) is 0 Å². The molecule has 0 aliphatic carbocycles. The first-order valence-corrected chi connectivity index (χ1v) is 5.73. The zero-order chi connectivity index (χ0) is 12.3. The van der Waals surface area contributed by atoms with Gasteiger partial charge in [0.2, 0.25) is 0 Å². The van der Waals surface area contributed by atoms with Crippen LogP contribution in [0.25, 0.3) is 0 Å². The molecule has 0 spiro atoms. The van der Waals surface area contributed by atoms with Gasteiger partial charge in [-0.3, -0.25) is 4.79 Å². The van der Waals surface area contributed by atoms with Crippen molar-refractivity contribution in [2.45, 2.75) is 18.9 Å².